The average molecular weight is 316 g/mol. The van der Waals surface area contributed by atoms with E-state index in [9.17, 15) is 4.79 Å². The van der Waals surface area contributed by atoms with E-state index in [1.807, 2.05) is 4.90 Å². The maximum atomic E-state index is 12.6. The first-order valence-corrected chi connectivity index (χ1v) is 8.83. The van der Waals surface area contributed by atoms with Gasteiger partial charge < -0.3 is 15.4 Å². The first-order chi connectivity index (χ1) is 11.1. The highest BCUT2D eigenvalue weighted by atomic mass is 16.5. The molecule has 1 aliphatic carbocycles. The van der Waals surface area contributed by atoms with Crippen molar-refractivity contribution in [2.75, 3.05) is 13.1 Å². The normalized spacial score (nSPS) is 25.6. The van der Waals surface area contributed by atoms with E-state index in [1.54, 1.807) is 0 Å². The van der Waals surface area contributed by atoms with Gasteiger partial charge in [-0.15, -0.1) is 0 Å². The molecule has 23 heavy (non-hydrogen) atoms. The minimum Gasteiger partial charge on any atom is -0.490 e. The summed E-state index contributed by atoms with van der Waals surface area (Å²) >= 11 is 0. The van der Waals surface area contributed by atoms with Crippen molar-refractivity contribution in [3.05, 3.63) is 29.3 Å². The SMILES string of the molecule is Cc1cccc(C)c1OC1CCN(C(=O)[C@H]2CCC[C@H]2N)CC1. The molecule has 2 atom stereocenters. The molecule has 0 spiro atoms. The Labute approximate surface area is 139 Å². The number of benzene rings is 1. The molecule has 4 heteroatoms. The zero-order chi connectivity index (χ0) is 16.4. The molecular weight excluding hydrogens is 288 g/mol. The highest BCUT2D eigenvalue weighted by Gasteiger charge is 2.35. The number of carbonyl (C=O) groups excluding carboxylic acids is 1. The van der Waals surface area contributed by atoms with Crippen molar-refractivity contribution in [1.29, 1.82) is 0 Å². The standard InChI is InChI=1S/C19H28N2O2/c1-13-5-3-6-14(2)18(13)23-15-9-11-21(12-10-15)19(22)16-7-4-8-17(16)20/h3,5-6,15-17H,4,7-12,20H2,1-2H3/t16-,17+/m0/s1. The first-order valence-electron chi connectivity index (χ1n) is 8.83. The smallest absolute Gasteiger partial charge is 0.227 e. The minimum absolute atomic E-state index is 0.0473. The van der Waals surface area contributed by atoms with Gasteiger partial charge in [0.25, 0.3) is 0 Å². The number of hydrogen-bond acceptors (Lipinski definition) is 3. The van der Waals surface area contributed by atoms with Crippen LogP contribution in [-0.4, -0.2) is 36.0 Å². The molecule has 1 saturated heterocycles. The van der Waals surface area contributed by atoms with E-state index < -0.39 is 0 Å². The van der Waals surface area contributed by atoms with Crippen LogP contribution in [0.25, 0.3) is 0 Å². The first kappa shape index (κ1) is 16.3. The molecule has 0 radical (unpaired) electrons. The lowest BCUT2D eigenvalue weighted by atomic mass is 10.00. The number of nitrogens with zero attached hydrogens (tertiary/aromatic N) is 1. The average Bonchev–Trinajstić information content (AvgIpc) is 2.97. The molecule has 3 rings (SSSR count). The summed E-state index contributed by atoms with van der Waals surface area (Å²) in [5.74, 6) is 1.32. The number of hydrogen-bond donors (Lipinski definition) is 1. The van der Waals surface area contributed by atoms with Crippen molar-refractivity contribution in [2.45, 2.75) is 58.1 Å². The van der Waals surface area contributed by atoms with Crippen LogP contribution in [0.5, 0.6) is 5.75 Å². The summed E-state index contributed by atoms with van der Waals surface area (Å²) in [6.45, 7) is 5.75. The Balaban J connectivity index is 1.55. The second-order valence-corrected chi connectivity index (χ2v) is 7.06. The Hall–Kier alpha value is -1.55. The van der Waals surface area contributed by atoms with Crippen molar-refractivity contribution in [2.24, 2.45) is 11.7 Å². The van der Waals surface area contributed by atoms with Gasteiger partial charge >= 0.3 is 0 Å². The highest BCUT2D eigenvalue weighted by Crippen LogP contribution is 2.29. The van der Waals surface area contributed by atoms with E-state index >= 15 is 0 Å². The Kier molecular flexibility index (Phi) is 4.90. The van der Waals surface area contributed by atoms with E-state index in [0.717, 1.165) is 50.9 Å². The molecule has 4 nitrogen and oxygen atoms in total. The van der Waals surface area contributed by atoms with Crippen LogP contribution in [0.3, 0.4) is 0 Å². The topological polar surface area (TPSA) is 55.6 Å². The van der Waals surface area contributed by atoms with Crippen LogP contribution in [0, 0.1) is 19.8 Å². The second kappa shape index (κ2) is 6.91. The molecule has 2 fully saturated rings. The van der Waals surface area contributed by atoms with Crippen LogP contribution in [0.1, 0.15) is 43.2 Å². The van der Waals surface area contributed by atoms with Crippen LogP contribution >= 0.6 is 0 Å². The molecule has 0 bridgehead atoms. The summed E-state index contributed by atoms with van der Waals surface area (Å²) in [6.07, 6.45) is 5.05. The largest absolute Gasteiger partial charge is 0.490 e. The van der Waals surface area contributed by atoms with Crippen molar-refractivity contribution >= 4 is 5.91 Å². The van der Waals surface area contributed by atoms with Crippen molar-refractivity contribution < 1.29 is 9.53 Å². The lowest BCUT2D eigenvalue weighted by molar-refractivity contribution is -0.137. The molecule has 0 unspecified atom stereocenters. The fourth-order valence-corrected chi connectivity index (χ4v) is 3.88. The maximum Gasteiger partial charge on any atom is 0.227 e. The third kappa shape index (κ3) is 3.52. The third-order valence-electron chi connectivity index (χ3n) is 5.33. The Bertz CT molecular complexity index is 544. The molecule has 1 amide bonds. The van der Waals surface area contributed by atoms with Gasteiger partial charge in [0, 0.05) is 32.0 Å². The molecule has 126 valence electrons. The number of para-hydroxylation sites is 1. The molecule has 1 aromatic rings. The Morgan fingerprint density at radius 2 is 1.78 bits per heavy atom. The molecule has 2 aliphatic rings. The molecule has 0 aromatic heterocycles. The number of carbonyl (C=O) groups is 1. The highest BCUT2D eigenvalue weighted by molar-refractivity contribution is 5.80. The van der Waals surface area contributed by atoms with Gasteiger partial charge in [-0.1, -0.05) is 24.6 Å². The van der Waals surface area contributed by atoms with Gasteiger partial charge in [-0.3, -0.25) is 4.79 Å². The monoisotopic (exact) mass is 316 g/mol. The van der Waals surface area contributed by atoms with Crippen LogP contribution in [0.2, 0.25) is 0 Å². The van der Waals surface area contributed by atoms with Gasteiger partial charge in [-0.05, 0) is 37.8 Å². The van der Waals surface area contributed by atoms with Crippen molar-refractivity contribution in [3.63, 3.8) is 0 Å². The Morgan fingerprint density at radius 1 is 1.13 bits per heavy atom. The number of amides is 1. The lowest BCUT2D eigenvalue weighted by Gasteiger charge is -2.34. The molecule has 1 heterocycles. The van der Waals surface area contributed by atoms with Crippen LogP contribution in [0.15, 0.2) is 18.2 Å². The van der Waals surface area contributed by atoms with E-state index in [0.29, 0.717) is 0 Å². The lowest BCUT2D eigenvalue weighted by Crippen LogP contribution is -2.47. The molecule has 1 aromatic carbocycles. The van der Waals surface area contributed by atoms with E-state index in [2.05, 4.69) is 32.0 Å². The fraction of sp³-hybridized carbons (Fsp3) is 0.632. The summed E-state index contributed by atoms with van der Waals surface area (Å²) in [6, 6.07) is 6.29. The minimum atomic E-state index is 0.0473. The predicted molar refractivity (Wildman–Crippen MR) is 91.5 cm³/mol. The summed E-state index contributed by atoms with van der Waals surface area (Å²) in [7, 11) is 0. The third-order valence-corrected chi connectivity index (χ3v) is 5.33. The molecule has 1 aliphatic heterocycles. The fourth-order valence-electron chi connectivity index (χ4n) is 3.88. The van der Waals surface area contributed by atoms with Crippen molar-refractivity contribution in [3.8, 4) is 5.75 Å². The van der Waals surface area contributed by atoms with Gasteiger partial charge in [0.05, 0.1) is 5.92 Å². The molecule has 1 saturated carbocycles. The summed E-state index contributed by atoms with van der Waals surface area (Å²) < 4.78 is 6.23. The summed E-state index contributed by atoms with van der Waals surface area (Å²) in [5.41, 5.74) is 8.44. The summed E-state index contributed by atoms with van der Waals surface area (Å²) in [5, 5.41) is 0. The van der Waals surface area contributed by atoms with Crippen molar-refractivity contribution in [1.82, 2.24) is 4.90 Å². The zero-order valence-corrected chi connectivity index (χ0v) is 14.3. The van der Waals surface area contributed by atoms with Gasteiger partial charge in [0.1, 0.15) is 11.9 Å². The van der Waals surface area contributed by atoms with Crippen LogP contribution in [0.4, 0.5) is 0 Å². The number of likely N-dealkylation sites (tertiary alicyclic amines) is 1. The van der Waals surface area contributed by atoms with E-state index in [-0.39, 0.29) is 24.0 Å². The zero-order valence-electron chi connectivity index (χ0n) is 14.3. The summed E-state index contributed by atoms with van der Waals surface area (Å²) in [4.78, 5) is 14.6. The van der Waals surface area contributed by atoms with Crippen LogP contribution < -0.4 is 10.5 Å². The van der Waals surface area contributed by atoms with Gasteiger partial charge in [-0.2, -0.15) is 0 Å². The number of nitrogens with two attached hydrogens (primary N) is 1. The second-order valence-electron chi connectivity index (χ2n) is 7.06. The van der Waals surface area contributed by atoms with E-state index in [1.165, 1.54) is 11.1 Å². The molecular formula is C19H28N2O2. The van der Waals surface area contributed by atoms with Gasteiger partial charge in [-0.25, -0.2) is 0 Å². The Morgan fingerprint density at radius 3 is 2.35 bits per heavy atom. The number of aryl methyl sites for hydroxylation is 2. The number of piperidine rings is 1. The van der Waals surface area contributed by atoms with Gasteiger partial charge in [0.2, 0.25) is 5.91 Å². The number of rotatable bonds is 3. The maximum absolute atomic E-state index is 12.6. The molecule has 2 N–H and O–H groups in total. The van der Waals surface area contributed by atoms with Gasteiger partial charge in [0.15, 0.2) is 0 Å². The quantitative estimate of drug-likeness (QED) is 0.933. The van der Waals surface area contributed by atoms with Crippen LogP contribution in [-0.2, 0) is 4.79 Å². The van der Waals surface area contributed by atoms with E-state index in [4.69, 9.17) is 10.5 Å². The predicted octanol–water partition coefficient (Wildman–Crippen LogP) is 2.80. The number of ether oxygens (including phenoxy) is 1.